The lowest BCUT2D eigenvalue weighted by Gasteiger charge is -2.14. The minimum absolute atomic E-state index is 0.577. The van der Waals surface area contributed by atoms with Gasteiger partial charge in [-0.05, 0) is 30.7 Å². The highest BCUT2D eigenvalue weighted by Crippen LogP contribution is 2.29. The molecule has 0 spiro atoms. The predicted molar refractivity (Wildman–Crippen MR) is 60.7 cm³/mol. The number of rotatable bonds is 3. The van der Waals surface area contributed by atoms with Crippen LogP contribution in [0.3, 0.4) is 0 Å². The molecule has 1 atom stereocenters. The number of hydrogen-bond acceptors (Lipinski definition) is 1. The topological polar surface area (TPSA) is 17.8 Å². The van der Waals surface area contributed by atoms with E-state index in [1.54, 1.807) is 0 Å². The fraction of sp³-hybridized carbons (Fsp3) is 0.750. The standard InChI is InChI=1S/C12H22N2/c1-7-9(4)12-11(8(2)3)10(5)13-14(12)6/h8-9H,7H2,1-6H3. The largest absolute Gasteiger partial charge is 0.272 e. The number of nitrogens with zero attached hydrogens (tertiary/aromatic N) is 2. The predicted octanol–water partition coefficient (Wildman–Crippen LogP) is 3.37. The van der Waals surface area contributed by atoms with Crippen LogP contribution in [0.1, 0.15) is 62.9 Å². The van der Waals surface area contributed by atoms with Gasteiger partial charge in [0.2, 0.25) is 0 Å². The SMILES string of the molecule is CCC(C)c1c(C(C)C)c(C)nn1C. The lowest BCUT2D eigenvalue weighted by molar-refractivity contribution is 0.613. The van der Waals surface area contributed by atoms with Gasteiger partial charge in [0.1, 0.15) is 0 Å². The van der Waals surface area contributed by atoms with E-state index in [1.165, 1.54) is 23.4 Å². The van der Waals surface area contributed by atoms with Crippen molar-refractivity contribution in [2.75, 3.05) is 0 Å². The van der Waals surface area contributed by atoms with E-state index in [9.17, 15) is 0 Å². The van der Waals surface area contributed by atoms with Crippen LogP contribution in [0.5, 0.6) is 0 Å². The van der Waals surface area contributed by atoms with E-state index in [0.717, 1.165) is 0 Å². The molecule has 1 unspecified atom stereocenters. The molecular formula is C12H22N2. The molecule has 0 fully saturated rings. The second-order valence-electron chi connectivity index (χ2n) is 4.47. The third kappa shape index (κ3) is 1.84. The van der Waals surface area contributed by atoms with Crippen LogP contribution in [0.25, 0.3) is 0 Å². The van der Waals surface area contributed by atoms with Crippen molar-refractivity contribution in [1.29, 1.82) is 0 Å². The summed E-state index contributed by atoms with van der Waals surface area (Å²) in [7, 11) is 2.06. The number of aromatic nitrogens is 2. The quantitative estimate of drug-likeness (QED) is 0.721. The van der Waals surface area contributed by atoms with Gasteiger partial charge in [0.25, 0.3) is 0 Å². The van der Waals surface area contributed by atoms with E-state index in [4.69, 9.17) is 0 Å². The monoisotopic (exact) mass is 194 g/mol. The highest BCUT2D eigenvalue weighted by atomic mass is 15.3. The zero-order chi connectivity index (χ0) is 10.9. The van der Waals surface area contributed by atoms with Crippen LogP contribution in [0.4, 0.5) is 0 Å². The van der Waals surface area contributed by atoms with Crippen LogP contribution in [0, 0.1) is 6.92 Å². The minimum atomic E-state index is 0.577. The molecule has 0 radical (unpaired) electrons. The van der Waals surface area contributed by atoms with Crippen molar-refractivity contribution in [3.63, 3.8) is 0 Å². The Morgan fingerprint density at radius 3 is 2.29 bits per heavy atom. The van der Waals surface area contributed by atoms with Gasteiger partial charge in [-0.15, -0.1) is 0 Å². The third-order valence-corrected chi connectivity index (χ3v) is 2.97. The Bertz CT molecular complexity index is 310. The highest BCUT2D eigenvalue weighted by Gasteiger charge is 2.19. The van der Waals surface area contributed by atoms with E-state index >= 15 is 0 Å². The molecule has 2 nitrogen and oxygen atoms in total. The summed E-state index contributed by atoms with van der Waals surface area (Å²) in [5.41, 5.74) is 4.06. The van der Waals surface area contributed by atoms with Gasteiger partial charge >= 0.3 is 0 Å². The Morgan fingerprint density at radius 1 is 1.29 bits per heavy atom. The summed E-state index contributed by atoms with van der Waals surface area (Å²) in [5, 5.41) is 4.52. The molecule has 80 valence electrons. The number of hydrogen-bond donors (Lipinski definition) is 0. The average Bonchev–Trinajstić information content (AvgIpc) is 2.39. The molecule has 1 heterocycles. The minimum Gasteiger partial charge on any atom is -0.272 e. The van der Waals surface area contributed by atoms with E-state index < -0.39 is 0 Å². The molecular weight excluding hydrogens is 172 g/mol. The maximum absolute atomic E-state index is 4.52. The van der Waals surface area contributed by atoms with E-state index in [1.807, 2.05) is 0 Å². The first-order valence-corrected chi connectivity index (χ1v) is 5.52. The third-order valence-electron chi connectivity index (χ3n) is 2.97. The van der Waals surface area contributed by atoms with Crippen LogP contribution in [-0.4, -0.2) is 9.78 Å². The van der Waals surface area contributed by atoms with Gasteiger partial charge in [-0.1, -0.05) is 27.7 Å². The maximum Gasteiger partial charge on any atom is 0.0631 e. The van der Waals surface area contributed by atoms with Gasteiger partial charge in [0, 0.05) is 12.7 Å². The van der Waals surface area contributed by atoms with Gasteiger partial charge in [-0.25, -0.2) is 0 Å². The van der Waals surface area contributed by atoms with Gasteiger partial charge in [0.15, 0.2) is 0 Å². The molecule has 0 N–H and O–H groups in total. The van der Waals surface area contributed by atoms with Crippen LogP contribution in [0.15, 0.2) is 0 Å². The van der Waals surface area contributed by atoms with Crippen molar-refractivity contribution >= 4 is 0 Å². The summed E-state index contributed by atoms with van der Waals surface area (Å²) >= 11 is 0. The molecule has 1 rings (SSSR count). The molecule has 0 amide bonds. The summed E-state index contributed by atoms with van der Waals surface area (Å²) < 4.78 is 2.05. The van der Waals surface area contributed by atoms with Gasteiger partial charge in [-0.2, -0.15) is 5.10 Å². The first-order valence-electron chi connectivity index (χ1n) is 5.52. The molecule has 0 aliphatic heterocycles. The molecule has 14 heavy (non-hydrogen) atoms. The van der Waals surface area contributed by atoms with Crippen LogP contribution in [0.2, 0.25) is 0 Å². The normalized spacial score (nSPS) is 13.6. The Kier molecular flexibility index (Phi) is 3.35. The second kappa shape index (κ2) is 4.16. The lowest BCUT2D eigenvalue weighted by Crippen LogP contribution is -2.05. The van der Waals surface area contributed by atoms with Crippen molar-refractivity contribution in [2.45, 2.75) is 52.9 Å². The lowest BCUT2D eigenvalue weighted by atomic mass is 9.93. The van der Waals surface area contributed by atoms with Gasteiger partial charge in [0.05, 0.1) is 5.69 Å². The van der Waals surface area contributed by atoms with Gasteiger partial charge < -0.3 is 0 Å². The Morgan fingerprint density at radius 2 is 1.86 bits per heavy atom. The summed E-state index contributed by atoms with van der Waals surface area (Å²) in [6, 6.07) is 0. The summed E-state index contributed by atoms with van der Waals surface area (Å²) in [4.78, 5) is 0. The highest BCUT2D eigenvalue weighted by molar-refractivity contribution is 5.31. The zero-order valence-electron chi connectivity index (χ0n) is 10.3. The molecule has 0 aliphatic carbocycles. The molecule has 2 heteroatoms. The van der Waals surface area contributed by atoms with Crippen LogP contribution in [-0.2, 0) is 7.05 Å². The van der Waals surface area contributed by atoms with Crippen LogP contribution >= 0.6 is 0 Å². The smallest absolute Gasteiger partial charge is 0.0631 e. The average molecular weight is 194 g/mol. The number of aryl methyl sites for hydroxylation is 2. The Hall–Kier alpha value is -0.790. The fourth-order valence-electron chi connectivity index (χ4n) is 2.18. The first kappa shape index (κ1) is 11.3. The second-order valence-corrected chi connectivity index (χ2v) is 4.47. The molecule has 1 aromatic heterocycles. The Labute approximate surface area is 87.3 Å². The first-order chi connectivity index (χ1) is 6.49. The van der Waals surface area contributed by atoms with Crippen molar-refractivity contribution in [2.24, 2.45) is 7.05 Å². The van der Waals surface area contributed by atoms with Crippen molar-refractivity contribution in [3.8, 4) is 0 Å². The molecule has 1 aromatic rings. The maximum atomic E-state index is 4.52. The van der Waals surface area contributed by atoms with Crippen molar-refractivity contribution in [3.05, 3.63) is 17.0 Å². The van der Waals surface area contributed by atoms with E-state index in [0.29, 0.717) is 11.8 Å². The van der Waals surface area contributed by atoms with E-state index in [2.05, 4.69) is 51.4 Å². The van der Waals surface area contributed by atoms with Gasteiger partial charge in [-0.3, -0.25) is 4.68 Å². The summed E-state index contributed by atoms with van der Waals surface area (Å²) in [6.07, 6.45) is 1.18. The zero-order valence-corrected chi connectivity index (χ0v) is 10.3. The van der Waals surface area contributed by atoms with E-state index in [-0.39, 0.29) is 0 Å². The molecule has 0 aromatic carbocycles. The summed E-state index contributed by atoms with van der Waals surface area (Å²) in [6.45, 7) is 11.1. The molecule has 0 aliphatic rings. The molecule has 0 saturated heterocycles. The molecule has 0 bridgehead atoms. The Balaban J connectivity index is 3.24. The summed E-state index contributed by atoms with van der Waals surface area (Å²) in [5.74, 6) is 1.19. The van der Waals surface area contributed by atoms with Crippen molar-refractivity contribution < 1.29 is 0 Å². The fourth-order valence-corrected chi connectivity index (χ4v) is 2.18. The van der Waals surface area contributed by atoms with Crippen LogP contribution < -0.4 is 0 Å². The molecule has 0 saturated carbocycles. The van der Waals surface area contributed by atoms with Crippen molar-refractivity contribution in [1.82, 2.24) is 9.78 Å².